The minimum Gasteiger partial charge on any atom is -0.460 e. The lowest BCUT2D eigenvalue weighted by molar-refractivity contribution is -0.118. The van der Waals surface area contributed by atoms with Crippen molar-refractivity contribution in [3.63, 3.8) is 0 Å². The van der Waals surface area contributed by atoms with E-state index in [0.29, 0.717) is 37.3 Å². The van der Waals surface area contributed by atoms with Crippen LogP contribution in [0.3, 0.4) is 0 Å². The third-order valence-corrected chi connectivity index (χ3v) is 8.29. The Balaban J connectivity index is 1.90. The molecular formula is C23H36N5O6PS. The van der Waals surface area contributed by atoms with E-state index in [-0.39, 0.29) is 24.6 Å². The number of carbonyl (C=O) groups is 1. The topological polar surface area (TPSA) is 109 Å². The summed E-state index contributed by atoms with van der Waals surface area (Å²) in [6, 6.07) is 2.26. The first-order chi connectivity index (χ1) is 17.1. The van der Waals surface area contributed by atoms with Gasteiger partial charge in [0.2, 0.25) is 0 Å². The number of morpholine rings is 1. The summed E-state index contributed by atoms with van der Waals surface area (Å²) in [7, 11) is -1.62. The Kier molecular flexibility index (Phi) is 10.5. The summed E-state index contributed by atoms with van der Waals surface area (Å²) in [4.78, 5) is 15.5. The van der Waals surface area contributed by atoms with Gasteiger partial charge in [-0.25, -0.2) is 4.67 Å². The molecule has 2 saturated heterocycles. The van der Waals surface area contributed by atoms with Crippen LogP contribution >= 0.6 is 20.7 Å². The smallest absolute Gasteiger partial charge is 0.260 e. The third kappa shape index (κ3) is 6.92. The fourth-order valence-corrected chi connectivity index (χ4v) is 6.29. The van der Waals surface area contributed by atoms with Gasteiger partial charge in [0.1, 0.15) is 18.5 Å². The van der Waals surface area contributed by atoms with E-state index in [1.165, 1.54) is 6.08 Å². The SMILES string of the molecule is C=C1NC(=O)C=CN1[C@@H]1O[C@H](C)C(OP(OCC#N)N(C(C)C)C(C)C)[C@@H]1OC(=S)N1CCOCC1. The van der Waals surface area contributed by atoms with Crippen LogP contribution in [0.25, 0.3) is 0 Å². The minimum absolute atomic E-state index is 0.108. The van der Waals surface area contributed by atoms with Crippen molar-refractivity contribution in [2.24, 2.45) is 0 Å². The molecule has 2 fully saturated rings. The van der Waals surface area contributed by atoms with Crippen molar-refractivity contribution in [2.45, 2.75) is 71.2 Å². The van der Waals surface area contributed by atoms with E-state index in [9.17, 15) is 10.1 Å². The number of hydrogen-bond acceptors (Lipinski definition) is 10. The van der Waals surface area contributed by atoms with E-state index < -0.39 is 33.1 Å². The highest BCUT2D eigenvalue weighted by Gasteiger charge is 2.51. The van der Waals surface area contributed by atoms with E-state index in [1.807, 2.05) is 17.9 Å². The average molecular weight is 542 g/mol. The Morgan fingerprint density at radius 1 is 1.33 bits per heavy atom. The highest BCUT2D eigenvalue weighted by Crippen LogP contribution is 2.49. The number of ether oxygens (including phenoxy) is 3. The molecule has 1 N–H and O–H groups in total. The zero-order valence-electron chi connectivity index (χ0n) is 21.5. The van der Waals surface area contributed by atoms with Gasteiger partial charge in [-0.2, -0.15) is 5.26 Å². The fourth-order valence-electron chi connectivity index (χ4n) is 4.27. The Hall–Kier alpha value is -1.84. The molecule has 0 spiro atoms. The van der Waals surface area contributed by atoms with Crippen LogP contribution in [0.15, 0.2) is 24.7 Å². The van der Waals surface area contributed by atoms with Crippen LogP contribution < -0.4 is 5.32 Å². The number of hydrogen-bond donors (Lipinski definition) is 1. The van der Waals surface area contributed by atoms with Crippen LogP contribution in [-0.2, 0) is 28.1 Å². The Bertz CT molecular complexity index is 870. The molecule has 0 radical (unpaired) electrons. The molecule has 200 valence electrons. The summed E-state index contributed by atoms with van der Waals surface area (Å²) in [5, 5.41) is 12.2. The van der Waals surface area contributed by atoms with Gasteiger partial charge in [-0.05, 0) is 46.8 Å². The molecule has 5 atom stereocenters. The summed E-state index contributed by atoms with van der Waals surface area (Å²) in [6.45, 7) is 16.3. The van der Waals surface area contributed by atoms with Gasteiger partial charge in [0, 0.05) is 37.4 Å². The maximum absolute atomic E-state index is 11.8. The quantitative estimate of drug-likeness (QED) is 0.343. The van der Waals surface area contributed by atoms with E-state index in [0.717, 1.165) is 0 Å². The second-order valence-corrected chi connectivity index (χ2v) is 10.9. The van der Waals surface area contributed by atoms with Crippen molar-refractivity contribution in [1.82, 2.24) is 19.8 Å². The van der Waals surface area contributed by atoms with Crippen molar-refractivity contribution in [3.05, 3.63) is 24.7 Å². The van der Waals surface area contributed by atoms with Crippen LogP contribution in [0, 0.1) is 11.3 Å². The molecule has 0 aliphatic carbocycles. The number of nitrogens with one attached hydrogen (secondary N) is 1. The summed E-state index contributed by atoms with van der Waals surface area (Å²) in [5.74, 6) is 0.0922. The number of rotatable bonds is 9. The number of carbonyl (C=O) groups excluding carboxylic acids is 1. The largest absolute Gasteiger partial charge is 0.460 e. The molecule has 11 nitrogen and oxygen atoms in total. The Morgan fingerprint density at radius 2 is 2.00 bits per heavy atom. The molecule has 0 aromatic heterocycles. The summed E-state index contributed by atoms with van der Waals surface area (Å²) in [6.07, 6.45) is 0.659. The standard InChI is InChI=1S/C23H36N5O6PS/c1-15(2)28(16(3)4)35(31-12-8-24)34-20-17(5)32-22(27-9-7-19(29)25-18(27)6)21(20)33-23(36)26-10-13-30-14-11-26/h7,9,15-17,20-22H,6,10-14H2,1-5H3,(H,25,29)/t17-,20?,21+,22-,35?/m1/s1. The van der Waals surface area contributed by atoms with Crippen LogP contribution in [-0.4, -0.2) is 95.1 Å². The zero-order valence-corrected chi connectivity index (χ0v) is 23.2. The molecule has 3 rings (SSSR count). The third-order valence-electron chi connectivity index (χ3n) is 5.87. The van der Waals surface area contributed by atoms with Crippen LogP contribution in [0.2, 0.25) is 0 Å². The first kappa shape index (κ1) is 28.7. The molecule has 1 amide bonds. The van der Waals surface area contributed by atoms with Crippen molar-refractivity contribution < 1.29 is 28.1 Å². The second kappa shape index (κ2) is 13.1. The molecule has 36 heavy (non-hydrogen) atoms. The predicted octanol–water partition coefficient (Wildman–Crippen LogP) is 2.42. The van der Waals surface area contributed by atoms with E-state index in [4.69, 9.17) is 35.5 Å². The van der Waals surface area contributed by atoms with Gasteiger partial charge in [0.25, 0.3) is 19.6 Å². The zero-order chi connectivity index (χ0) is 26.4. The Morgan fingerprint density at radius 3 is 2.58 bits per heavy atom. The van der Waals surface area contributed by atoms with Gasteiger partial charge in [0.15, 0.2) is 12.3 Å². The first-order valence-corrected chi connectivity index (χ1v) is 13.6. The molecule has 0 aromatic carbocycles. The predicted molar refractivity (Wildman–Crippen MR) is 138 cm³/mol. The fraction of sp³-hybridized carbons (Fsp3) is 0.696. The summed E-state index contributed by atoms with van der Waals surface area (Å²) in [5.41, 5.74) is 0. The van der Waals surface area contributed by atoms with Gasteiger partial charge in [-0.1, -0.05) is 6.58 Å². The second-order valence-electron chi connectivity index (χ2n) is 9.15. The van der Waals surface area contributed by atoms with Gasteiger partial charge in [0.05, 0.1) is 25.4 Å². The molecule has 3 heterocycles. The highest BCUT2D eigenvalue weighted by molar-refractivity contribution is 7.80. The number of nitrogens with zero attached hydrogens (tertiary/aromatic N) is 4. The molecule has 13 heteroatoms. The van der Waals surface area contributed by atoms with Gasteiger partial charge in [-0.3, -0.25) is 4.79 Å². The van der Waals surface area contributed by atoms with Crippen molar-refractivity contribution >= 4 is 31.8 Å². The molecule has 0 saturated carbocycles. The summed E-state index contributed by atoms with van der Waals surface area (Å²) >= 11 is 5.65. The van der Waals surface area contributed by atoms with Crippen molar-refractivity contribution in [1.29, 1.82) is 5.26 Å². The minimum atomic E-state index is -1.62. The van der Waals surface area contributed by atoms with Gasteiger partial charge in [-0.15, -0.1) is 0 Å². The van der Waals surface area contributed by atoms with Crippen molar-refractivity contribution in [3.8, 4) is 6.07 Å². The first-order valence-electron chi connectivity index (χ1n) is 12.0. The maximum Gasteiger partial charge on any atom is 0.260 e. The Labute approximate surface area is 219 Å². The van der Waals surface area contributed by atoms with Crippen LogP contribution in [0.1, 0.15) is 34.6 Å². The number of amides is 1. The van der Waals surface area contributed by atoms with Gasteiger partial charge >= 0.3 is 0 Å². The number of nitriles is 1. The molecule has 0 aromatic rings. The normalized spacial score (nSPS) is 27.5. The van der Waals surface area contributed by atoms with Crippen LogP contribution in [0.5, 0.6) is 0 Å². The lowest BCUT2D eigenvalue weighted by Crippen LogP contribution is -2.51. The molecule has 3 aliphatic rings. The van der Waals surface area contributed by atoms with E-state index in [1.54, 1.807) is 11.1 Å². The maximum atomic E-state index is 11.8. The lowest BCUT2D eigenvalue weighted by atomic mass is 10.1. The number of thiocarbonyl (C=S) groups is 1. The van der Waals surface area contributed by atoms with E-state index in [2.05, 4.69) is 44.3 Å². The van der Waals surface area contributed by atoms with Gasteiger partial charge < -0.3 is 38.4 Å². The molecule has 0 bridgehead atoms. The molecule has 2 unspecified atom stereocenters. The van der Waals surface area contributed by atoms with Crippen LogP contribution in [0.4, 0.5) is 0 Å². The lowest BCUT2D eigenvalue weighted by Gasteiger charge is -2.39. The monoisotopic (exact) mass is 541 g/mol. The summed E-state index contributed by atoms with van der Waals surface area (Å²) < 4.78 is 32.7. The van der Waals surface area contributed by atoms with Crippen molar-refractivity contribution in [2.75, 3.05) is 32.9 Å². The molecule has 3 aliphatic heterocycles. The van der Waals surface area contributed by atoms with E-state index >= 15 is 0 Å². The highest BCUT2D eigenvalue weighted by atomic mass is 32.1. The average Bonchev–Trinajstić information content (AvgIpc) is 3.12. The molecular weight excluding hydrogens is 505 g/mol.